The summed E-state index contributed by atoms with van der Waals surface area (Å²) in [6, 6.07) is 0.0487. The monoisotopic (exact) mass is 337 g/mol. The Kier molecular flexibility index (Phi) is 5.41. The van der Waals surface area contributed by atoms with Crippen LogP contribution in [0.3, 0.4) is 0 Å². The maximum absolute atomic E-state index is 12.1. The molecule has 0 aromatic heterocycles. The second-order valence-corrected chi connectivity index (χ2v) is 8.85. The van der Waals surface area contributed by atoms with Crippen molar-refractivity contribution in [3.63, 3.8) is 0 Å². The van der Waals surface area contributed by atoms with Gasteiger partial charge in [0.2, 0.25) is 0 Å². The van der Waals surface area contributed by atoms with Crippen LogP contribution in [0, 0.1) is 0 Å². The van der Waals surface area contributed by atoms with Gasteiger partial charge in [0.25, 0.3) is 0 Å². The SMILES string of the molecule is CC(C)(C)OC(=O)NC1CCCC=C(B2OC(C)(C)C(C)(C)O2)C1. The van der Waals surface area contributed by atoms with Crippen LogP contribution in [0.2, 0.25) is 0 Å². The van der Waals surface area contributed by atoms with E-state index < -0.39 is 5.60 Å². The number of nitrogens with one attached hydrogen (secondary N) is 1. The van der Waals surface area contributed by atoms with Gasteiger partial charge in [0.15, 0.2) is 0 Å². The number of hydrogen-bond donors (Lipinski definition) is 1. The second kappa shape index (κ2) is 6.72. The van der Waals surface area contributed by atoms with Crippen LogP contribution in [-0.2, 0) is 14.0 Å². The summed E-state index contributed by atoms with van der Waals surface area (Å²) in [6.07, 6.45) is 5.52. The van der Waals surface area contributed by atoms with Crippen LogP contribution in [0.25, 0.3) is 0 Å². The number of ether oxygens (including phenoxy) is 1. The molecule has 1 fully saturated rings. The topological polar surface area (TPSA) is 56.8 Å². The minimum Gasteiger partial charge on any atom is -0.444 e. The maximum Gasteiger partial charge on any atom is 0.490 e. The molecule has 1 amide bonds. The number of allylic oxidation sites excluding steroid dienone is 1. The molecular formula is C18H32BNO4. The van der Waals surface area contributed by atoms with Crippen molar-refractivity contribution >= 4 is 13.2 Å². The highest BCUT2D eigenvalue weighted by Crippen LogP contribution is 2.39. The van der Waals surface area contributed by atoms with Crippen molar-refractivity contribution < 1.29 is 18.8 Å². The molecule has 0 bridgehead atoms. The molecule has 1 saturated heterocycles. The Morgan fingerprint density at radius 1 is 1.25 bits per heavy atom. The van der Waals surface area contributed by atoms with Gasteiger partial charge in [-0.1, -0.05) is 6.08 Å². The zero-order valence-corrected chi connectivity index (χ0v) is 16.2. The average molecular weight is 337 g/mol. The Labute approximate surface area is 146 Å². The fourth-order valence-electron chi connectivity index (χ4n) is 2.91. The average Bonchev–Trinajstić information content (AvgIpc) is 2.54. The second-order valence-electron chi connectivity index (χ2n) is 8.85. The molecule has 0 aromatic rings. The van der Waals surface area contributed by atoms with Gasteiger partial charge >= 0.3 is 13.2 Å². The lowest BCUT2D eigenvalue weighted by atomic mass is 9.74. The summed E-state index contributed by atoms with van der Waals surface area (Å²) in [5.74, 6) is 0. The number of rotatable bonds is 2. The minimum atomic E-state index is -0.487. The Morgan fingerprint density at radius 3 is 2.38 bits per heavy atom. The van der Waals surface area contributed by atoms with Gasteiger partial charge < -0.3 is 19.4 Å². The minimum absolute atomic E-state index is 0.0487. The molecule has 1 unspecified atom stereocenters. The van der Waals surface area contributed by atoms with Crippen molar-refractivity contribution in [3.05, 3.63) is 11.5 Å². The largest absolute Gasteiger partial charge is 0.490 e. The Hall–Kier alpha value is -1.01. The van der Waals surface area contributed by atoms with Crippen LogP contribution in [0.15, 0.2) is 11.5 Å². The molecule has 1 N–H and O–H groups in total. The number of carbonyl (C=O) groups excluding carboxylic acids is 1. The van der Waals surface area contributed by atoms with Gasteiger partial charge in [0.05, 0.1) is 11.2 Å². The van der Waals surface area contributed by atoms with Gasteiger partial charge in [-0.15, -0.1) is 0 Å². The smallest absolute Gasteiger partial charge is 0.444 e. The molecule has 1 aliphatic carbocycles. The molecule has 2 rings (SSSR count). The zero-order chi connectivity index (χ0) is 18.2. The number of carbonyl (C=O) groups is 1. The maximum atomic E-state index is 12.1. The lowest BCUT2D eigenvalue weighted by Crippen LogP contribution is -2.41. The van der Waals surface area contributed by atoms with Crippen molar-refractivity contribution in [2.24, 2.45) is 0 Å². The van der Waals surface area contributed by atoms with Gasteiger partial charge in [-0.2, -0.15) is 0 Å². The lowest BCUT2D eigenvalue weighted by Gasteiger charge is -2.32. The highest BCUT2D eigenvalue weighted by molar-refractivity contribution is 6.54. The summed E-state index contributed by atoms with van der Waals surface area (Å²) in [6.45, 7) is 13.8. The fourth-order valence-corrected chi connectivity index (χ4v) is 2.91. The van der Waals surface area contributed by atoms with Crippen LogP contribution in [0.1, 0.15) is 74.1 Å². The van der Waals surface area contributed by atoms with E-state index in [9.17, 15) is 4.79 Å². The Morgan fingerprint density at radius 2 is 1.83 bits per heavy atom. The van der Waals surface area contributed by atoms with E-state index in [0.29, 0.717) is 0 Å². The van der Waals surface area contributed by atoms with E-state index in [1.807, 2.05) is 20.8 Å². The zero-order valence-electron chi connectivity index (χ0n) is 16.2. The summed E-state index contributed by atoms with van der Waals surface area (Å²) in [4.78, 5) is 12.1. The van der Waals surface area contributed by atoms with E-state index in [-0.39, 0.29) is 30.5 Å². The molecule has 0 spiro atoms. The lowest BCUT2D eigenvalue weighted by molar-refractivity contribution is 0.00578. The molecule has 1 aliphatic heterocycles. The third-order valence-electron chi connectivity index (χ3n) is 4.92. The third-order valence-corrected chi connectivity index (χ3v) is 4.92. The molecule has 136 valence electrons. The molecular weight excluding hydrogens is 305 g/mol. The van der Waals surface area contributed by atoms with Crippen LogP contribution in [-0.4, -0.2) is 36.1 Å². The molecule has 2 aliphatic rings. The van der Waals surface area contributed by atoms with Crippen LogP contribution >= 0.6 is 0 Å². The number of amides is 1. The molecule has 1 atom stereocenters. The summed E-state index contributed by atoms with van der Waals surface area (Å²) in [5, 5.41) is 3.00. The molecule has 0 radical (unpaired) electrons. The quantitative estimate of drug-likeness (QED) is 0.774. The van der Waals surface area contributed by atoms with E-state index >= 15 is 0 Å². The summed E-state index contributed by atoms with van der Waals surface area (Å²) in [5.41, 5.74) is -0.0657. The third kappa shape index (κ3) is 4.76. The normalized spacial score (nSPS) is 26.5. The van der Waals surface area contributed by atoms with Crippen LogP contribution < -0.4 is 5.32 Å². The first kappa shape index (κ1) is 19.3. The molecule has 5 nitrogen and oxygen atoms in total. The van der Waals surface area contributed by atoms with Crippen molar-refractivity contribution in [3.8, 4) is 0 Å². The predicted octanol–water partition coefficient (Wildman–Crippen LogP) is 4.01. The van der Waals surface area contributed by atoms with Gasteiger partial charge in [-0.05, 0) is 79.6 Å². The summed E-state index contributed by atoms with van der Waals surface area (Å²) < 4.78 is 17.7. The van der Waals surface area contributed by atoms with Crippen molar-refractivity contribution in [2.75, 3.05) is 0 Å². The van der Waals surface area contributed by atoms with E-state index in [1.165, 1.54) is 0 Å². The highest BCUT2D eigenvalue weighted by Gasteiger charge is 2.52. The predicted molar refractivity (Wildman–Crippen MR) is 95.8 cm³/mol. The van der Waals surface area contributed by atoms with Crippen LogP contribution in [0.4, 0.5) is 4.79 Å². The molecule has 1 heterocycles. The van der Waals surface area contributed by atoms with E-state index in [2.05, 4.69) is 39.1 Å². The van der Waals surface area contributed by atoms with Gasteiger partial charge in [-0.25, -0.2) is 4.79 Å². The van der Waals surface area contributed by atoms with Crippen molar-refractivity contribution in [1.29, 1.82) is 0 Å². The van der Waals surface area contributed by atoms with Gasteiger partial charge in [0.1, 0.15) is 5.60 Å². The highest BCUT2D eigenvalue weighted by atomic mass is 16.7. The fraction of sp³-hybridized carbons (Fsp3) is 0.833. The van der Waals surface area contributed by atoms with E-state index in [0.717, 1.165) is 31.2 Å². The number of hydrogen-bond acceptors (Lipinski definition) is 4. The summed E-state index contributed by atoms with van der Waals surface area (Å²) in [7, 11) is -0.337. The number of alkyl carbamates (subject to hydrolysis) is 1. The Balaban J connectivity index is 2.00. The summed E-state index contributed by atoms with van der Waals surface area (Å²) >= 11 is 0. The van der Waals surface area contributed by atoms with Crippen molar-refractivity contribution in [1.82, 2.24) is 5.32 Å². The molecule has 0 saturated carbocycles. The molecule has 6 heteroatoms. The van der Waals surface area contributed by atoms with E-state index in [4.69, 9.17) is 14.0 Å². The van der Waals surface area contributed by atoms with Crippen LogP contribution in [0.5, 0.6) is 0 Å². The van der Waals surface area contributed by atoms with Gasteiger partial charge in [-0.3, -0.25) is 0 Å². The van der Waals surface area contributed by atoms with Gasteiger partial charge in [0, 0.05) is 6.04 Å². The van der Waals surface area contributed by atoms with Crippen molar-refractivity contribution in [2.45, 2.75) is 97.0 Å². The first-order valence-corrected chi connectivity index (χ1v) is 8.94. The standard InChI is InChI=1S/C18H32BNO4/c1-16(2,3)22-15(21)20-14-11-9-8-10-13(12-14)19-23-17(4,5)18(6,7)24-19/h10,14H,8-9,11-12H2,1-7H3,(H,20,21). The first-order valence-electron chi connectivity index (χ1n) is 8.94. The molecule has 24 heavy (non-hydrogen) atoms. The Bertz CT molecular complexity index is 492. The molecule has 0 aromatic carbocycles. The van der Waals surface area contributed by atoms with E-state index in [1.54, 1.807) is 0 Å². The first-order chi connectivity index (χ1) is 10.9.